The van der Waals surface area contributed by atoms with E-state index in [4.69, 9.17) is 0 Å². The molecule has 2 amide bonds. The smallest absolute Gasteiger partial charge is 0.274 e. The van der Waals surface area contributed by atoms with Crippen LogP contribution >= 0.6 is 0 Å². The summed E-state index contributed by atoms with van der Waals surface area (Å²) in [6.45, 7) is 13.2. The second-order valence-electron chi connectivity index (χ2n) is 6.53. The Bertz CT molecular complexity index is 827. The SMILES string of the molecule is CCN(CC)C(=O)c1ccnc(C(=O)Nc2ccc(N(CC)CC)cc2C)c1. The van der Waals surface area contributed by atoms with Crippen LogP contribution in [-0.4, -0.2) is 47.9 Å². The number of hydrogen-bond acceptors (Lipinski definition) is 4. The lowest BCUT2D eigenvalue weighted by Crippen LogP contribution is -2.30. The van der Waals surface area contributed by atoms with Gasteiger partial charge in [0.15, 0.2) is 0 Å². The fourth-order valence-electron chi connectivity index (χ4n) is 3.14. The van der Waals surface area contributed by atoms with Crippen LogP contribution in [0.4, 0.5) is 11.4 Å². The zero-order valence-electron chi connectivity index (χ0n) is 17.5. The molecule has 2 aromatic rings. The minimum atomic E-state index is -0.326. The summed E-state index contributed by atoms with van der Waals surface area (Å²) in [5.41, 5.74) is 3.55. The summed E-state index contributed by atoms with van der Waals surface area (Å²) in [4.78, 5) is 33.3. The summed E-state index contributed by atoms with van der Waals surface area (Å²) < 4.78 is 0. The lowest BCUT2D eigenvalue weighted by Gasteiger charge is -2.22. The molecule has 0 bridgehead atoms. The van der Waals surface area contributed by atoms with E-state index in [1.807, 2.05) is 32.9 Å². The standard InChI is InChI=1S/C22H30N4O2/c1-6-25(7-2)18-10-11-19(16(5)14-18)24-21(27)20-15-17(12-13-23-20)22(28)26(8-3)9-4/h10-15H,6-9H2,1-5H3,(H,24,27). The number of anilines is 2. The number of hydrogen-bond donors (Lipinski definition) is 1. The summed E-state index contributed by atoms with van der Waals surface area (Å²) in [6, 6.07) is 9.17. The highest BCUT2D eigenvalue weighted by Crippen LogP contribution is 2.23. The number of nitrogens with zero attached hydrogens (tertiary/aromatic N) is 3. The summed E-state index contributed by atoms with van der Waals surface area (Å²) in [5, 5.41) is 2.91. The van der Waals surface area contributed by atoms with Gasteiger partial charge in [0.25, 0.3) is 11.8 Å². The van der Waals surface area contributed by atoms with Crippen LogP contribution in [0.15, 0.2) is 36.5 Å². The Morgan fingerprint density at radius 2 is 1.64 bits per heavy atom. The first-order chi connectivity index (χ1) is 13.4. The molecule has 0 spiro atoms. The number of nitrogens with one attached hydrogen (secondary N) is 1. The Balaban J connectivity index is 2.19. The van der Waals surface area contributed by atoms with E-state index in [1.165, 1.54) is 6.20 Å². The van der Waals surface area contributed by atoms with Crippen LogP contribution in [-0.2, 0) is 0 Å². The van der Waals surface area contributed by atoms with Crippen LogP contribution in [0.3, 0.4) is 0 Å². The topological polar surface area (TPSA) is 65.5 Å². The molecule has 6 nitrogen and oxygen atoms in total. The molecule has 0 fully saturated rings. The van der Waals surface area contributed by atoms with E-state index in [0.29, 0.717) is 18.7 Å². The van der Waals surface area contributed by atoms with Crippen molar-refractivity contribution in [2.75, 3.05) is 36.4 Å². The number of pyridine rings is 1. The molecule has 0 radical (unpaired) electrons. The molecule has 0 unspecified atom stereocenters. The molecule has 150 valence electrons. The fraction of sp³-hybridized carbons (Fsp3) is 0.409. The van der Waals surface area contributed by atoms with E-state index < -0.39 is 0 Å². The summed E-state index contributed by atoms with van der Waals surface area (Å²) in [7, 11) is 0. The maximum absolute atomic E-state index is 12.7. The minimum absolute atomic E-state index is 0.0961. The van der Waals surface area contributed by atoms with E-state index in [9.17, 15) is 9.59 Å². The van der Waals surface area contributed by atoms with Gasteiger partial charge in [-0.25, -0.2) is 0 Å². The third-order valence-corrected chi connectivity index (χ3v) is 4.88. The molecule has 1 heterocycles. The predicted octanol–water partition coefficient (Wildman–Crippen LogP) is 3.97. The predicted molar refractivity (Wildman–Crippen MR) is 114 cm³/mol. The van der Waals surface area contributed by atoms with Crippen molar-refractivity contribution < 1.29 is 9.59 Å². The first-order valence-electron chi connectivity index (χ1n) is 9.87. The number of amides is 2. The summed E-state index contributed by atoms with van der Waals surface area (Å²) >= 11 is 0. The summed E-state index contributed by atoms with van der Waals surface area (Å²) in [6.07, 6.45) is 1.50. The van der Waals surface area contributed by atoms with Crippen molar-refractivity contribution in [2.45, 2.75) is 34.6 Å². The molecule has 0 aliphatic rings. The molecular weight excluding hydrogens is 352 g/mol. The van der Waals surface area contributed by atoms with Gasteiger partial charge in [-0.2, -0.15) is 0 Å². The largest absolute Gasteiger partial charge is 0.372 e. The quantitative estimate of drug-likeness (QED) is 0.750. The third-order valence-electron chi connectivity index (χ3n) is 4.88. The Morgan fingerprint density at radius 3 is 2.21 bits per heavy atom. The van der Waals surface area contributed by atoms with Gasteiger partial charge in [-0.05, 0) is 70.5 Å². The fourth-order valence-corrected chi connectivity index (χ4v) is 3.14. The van der Waals surface area contributed by atoms with Crippen molar-refractivity contribution in [3.05, 3.63) is 53.3 Å². The van der Waals surface area contributed by atoms with Gasteiger partial charge in [0.1, 0.15) is 5.69 Å². The molecule has 6 heteroatoms. The Labute approximate surface area is 167 Å². The van der Waals surface area contributed by atoms with Crippen molar-refractivity contribution in [1.82, 2.24) is 9.88 Å². The van der Waals surface area contributed by atoms with Crippen molar-refractivity contribution in [2.24, 2.45) is 0 Å². The first kappa shape index (κ1) is 21.4. The number of rotatable bonds is 8. The second-order valence-corrected chi connectivity index (χ2v) is 6.53. The highest BCUT2D eigenvalue weighted by atomic mass is 16.2. The molecule has 0 atom stereocenters. The number of benzene rings is 1. The van der Waals surface area contributed by atoms with E-state index in [2.05, 4.69) is 35.1 Å². The van der Waals surface area contributed by atoms with E-state index in [-0.39, 0.29) is 17.5 Å². The summed E-state index contributed by atoms with van der Waals surface area (Å²) in [5.74, 6) is -0.422. The molecule has 1 aromatic heterocycles. The third kappa shape index (κ3) is 4.88. The number of aromatic nitrogens is 1. The van der Waals surface area contributed by atoms with Crippen LogP contribution < -0.4 is 10.2 Å². The van der Waals surface area contributed by atoms with Gasteiger partial charge in [-0.1, -0.05) is 0 Å². The highest BCUT2D eigenvalue weighted by Gasteiger charge is 2.16. The lowest BCUT2D eigenvalue weighted by molar-refractivity contribution is 0.0773. The minimum Gasteiger partial charge on any atom is -0.372 e. The lowest BCUT2D eigenvalue weighted by atomic mass is 10.1. The highest BCUT2D eigenvalue weighted by molar-refractivity contribution is 6.05. The zero-order chi connectivity index (χ0) is 20.7. The second kappa shape index (κ2) is 9.88. The van der Waals surface area contributed by atoms with Crippen LogP contribution in [0, 0.1) is 6.92 Å². The van der Waals surface area contributed by atoms with Gasteiger partial charge < -0.3 is 15.1 Å². The van der Waals surface area contributed by atoms with Gasteiger partial charge >= 0.3 is 0 Å². The van der Waals surface area contributed by atoms with E-state index >= 15 is 0 Å². The zero-order valence-corrected chi connectivity index (χ0v) is 17.5. The van der Waals surface area contributed by atoms with Crippen LogP contribution in [0.1, 0.15) is 54.1 Å². The van der Waals surface area contributed by atoms with Gasteiger partial charge in [-0.15, -0.1) is 0 Å². The van der Waals surface area contributed by atoms with Gasteiger partial charge in [0.05, 0.1) is 0 Å². The molecule has 0 aliphatic heterocycles. The Kier molecular flexibility index (Phi) is 7.55. The number of aryl methyl sites for hydroxylation is 1. The molecule has 0 saturated carbocycles. The van der Waals surface area contributed by atoms with Crippen molar-refractivity contribution in [1.29, 1.82) is 0 Å². The molecule has 0 aliphatic carbocycles. The Hall–Kier alpha value is -2.89. The first-order valence-corrected chi connectivity index (χ1v) is 9.87. The normalized spacial score (nSPS) is 10.5. The van der Waals surface area contributed by atoms with Crippen molar-refractivity contribution >= 4 is 23.2 Å². The number of carbonyl (C=O) groups excluding carboxylic acids is 2. The molecule has 28 heavy (non-hydrogen) atoms. The van der Waals surface area contributed by atoms with Gasteiger partial charge in [0.2, 0.25) is 0 Å². The van der Waals surface area contributed by atoms with E-state index in [1.54, 1.807) is 17.0 Å². The maximum atomic E-state index is 12.7. The maximum Gasteiger partial charge on any atom is 0.274 e. The molecule has 0 saturated heterocycles. The Morgan fingerprint density at radius 1 is 0.964 bits per heavy atom. The van der Waals surface area contributed by atoms with Gasteiger partial charge in [-0.3, -0.25) is 14.6 Å². The average molecular weight is 383 g/mol. The van der Waals surface area contributed by atoms with Crippen LogP contribution in [0.2, 0.25) is 0 Å². The average Bonchev–Trinajstić information content (AvgIpc) is 2.71. The van der Waals surface area contributed by atoms with E-state index in [0.717, 1.165) is 30.0 Å². The van der Waals surface area contributed by atoms with Crippen molar-refractivity contribution in [3.63, 3.8) is 0 Å². The number of carbonyl (C=O) groups is 2. The molecule has 1 N–H and O–H groups in total. The molecule has 1 aromatic carbocycles. The molecule has 2 rings (SSSR count). The molecular formula is C22H30N4O2. The van der Waals surface area contributed by atoms with Crippen LogP contribution in [0.25, 0.3) is 0 Å². The van der Waals surface area contributed by atoms with Gasteiger partial charge in [0, 0.05) is 49.3 Å². The monoisotopic (exact) mass is 382 g/mol. The van der Waals surface area contributed by atoms with Crippen LogP contribution in [0.5, 0.6) is 0 Å². The van der Waals surface area contributed by atoms with Crippen molar-refractivity contribution in [3.8, 4) is 0 Å².